The van der Waals surface area contributed by atoms with Crippen molar-refractivity contribution in [2.24, 2.45) is 0 Å². The minimum Gasteiger partial charge on any atom is -0.493 e. The minimum absolute atomic E-state index is 0.668. The molecule has 0 aromatic heterocycles. The van der Waals surface area contributed by atoms with Gasteiger partial charge in [0.25, 0.3) is 0 Å². The van der Waals surface area contributed by atoms with Gasteiger partial charge in [-0.05, 0) is 25.1 Å². The molecule has 0 atom stereocenters. The molecular weight excluding hydrogens is 317 g/mol. The SMILES string of the molecule is COc1ccccc1OCCNCCCI. The van der Waals surface area contributed by atoms with Gasteiger partial charge in [0.15, 0.2) is 11.5 Å². The third-order valence-electron chi connectivity index (χ3n) is 2.09. The molecule has 4 heteroatoms. The number of methoxy groups -OCH3 is 1. The molecule has 0 aliphatic carbocycles. The number of para-hydroxylation sites is 2. The number of hydrogen-bond acceptors (Lipinski definition) is 3. The van der Waals surface area contributed by atoms with Gasteiger partial charge in [0, 0.05) is 11.0 Å². The van der Waals surface area contributed by atoms with Crippen LogP contribution in [-0.4, -0.2) is 31.2 Å². The largest absolute Gasteiger partial charge is 0.493 e. The highest BCUT2D eigenvalue weighted by molar-refractivity contribution is 14.1. The van der Waals surface area contributed by atoms with Crippen LogP contribution in [0.4, 0.5) is 0 Å². The van der Waals surface area contributed by atoms with E-state index in [1.807, 2.05) is 24.3 Å². The molecule has 0 heterocycles. The van der Waals surface area contributed by atoms with Crippen molar-refractivity contribution in [3.8, 4) is 11.5 Å². The van der Waals surface area contributed by atoms with Crippen LogP contribution in [0.2, 0.25) is 0 Å². The van der Waals surface area contributed by atoms with Crippen LogP contribution in [0.1, 0.15) is 6.42 Å². The Bertz CT molecular complexity index is 294. The summed E-state index contributed by atoms with van der Waals surface area (Å²) in [6, 6.07) is 7.70. The molecule has 3 nitrogen and oxygen atoms in total. The number of benzene rings is 1. The molecule has 0 aliphatic rings. The van der Waals surface area contributed by atoms with Gasteiger partial charge in [-0.2, -0.15) is 0 Å². The molecule has 0 saturated heterocycles. The van der Waals surface area contributed by atoms with Crippen molar-refractivity contribution in [2.75, 3.05) is 31.2 Å². The fourth-order valence-electron chi connectivity index (χ4n) is 1.29. The fourth-order valence-corrected chi connectivity index (χ4v) is 1.67. The average molecular weight is 335 g/mol. The minimum atomic E-state index is 0.668. The molecule has 0 amide bonds. The van der Waals surface area contributed by atoms with Crippen LogP contribution < -0.4 is 14.8 Å². The number of halogens is 1. The van der Waals surface area contributed by atoms with Gasteiger partial charge in [-0.1, -0.05) is 34.7 Å². The van der Waals surface area contributed by atoms with Crippen molar-refractivity contribution in [1.82, 2.24) is 5.32 Å². The summed E-state index contributed by atoms with van der Waals surface area (Å²) in [5.74, 6) is 1.59. The maximum Gasteiger partial charge on any atom is 0.161 e. The third kappa shape index (κ3) is 5.03. The molecule has 16 heavy (non-hydrogen) atoms. The highest BCUT2D eigenvalue weighted by Crippen LogP contribution is 2.25. The van der Waals surface area contributed by atoms with Crippen LogP contribution in [0, 0.1) is 0 Å². The summed E-state index contributed by atoms with van der Waals surface area (Å²) in [4.78, 5) is 0. The smallest absolute Gasteiger partial charge is 0.161 e. The maximum absolute atomic E-state index is 5.62. The first kappa shape index (κ1) is 13.6. The molecule has 1 aromatic carbocycles. The molecular formula is C12H18INO2. The Morgan fingerprint density at radius 3 is 2.62 bits per heavy atom. The molecule has 0 aliphatic heterocycles. The van der Waals surface area contributed by atoms with E-state index in [1.165, 1.54) is 10.8 Å². The first-order chi connectivity index (χ1) is 7.88. The number of hydrogen-bond donors (Lipinski definition) is 1. The van der Waals surface area contributed by atoms with Crippen molar-refractivity contribution in [1.29, 1.82) is 0 Å². The van der Waals surface area contributed by atoms with Gasteiger partial charge in [0.1, 0.15) is 6.61 Å². The molecule has 0 spiro atoms. The fraction of sp³-hybridized carbons (Fsp3) is 0.500. The van der Waals surface area contributed by atoms with Crippen molar-refractivity contribution in [3.05, 3.63) is 24.3 Å². The van der Waals surface area contributed by atoms with Gasteiger partial charge >= 0.3 is 0 Å². The van der Waals surface area contributed by atoms with Gasteiger partial charge in [0.2, 0.25) is 0 Å². The van der Waals surface area contributed by atoms with E-state index in [4.69, 9.17) is 9.47 Å². The second-order valence-electron chi connectivity index (χ2n) is 3.29. The molecule has 0 saturated carbocycles. The van der Waals surface area contributed by atoms with E-state index >= 15 is 0 Å². The summed E-state index contributed by atoms with van der Waals surface area (Å²) < 4.78 is 12.0. The quantitative estimate of drug-likeness (QED) is 0.450. The van der Waals surface area contributed by atoms with Gasteiger partial charge in [-0.15, -0.1) is 0 Å². The van der Waals surface area contributed by atoms with E-state index < -0.39 is 0 Å². The number of nitrogens with one attached hydrogen (secondary N) is 1. The lowest BCUT2D eigenvalue weighted by Crippen LogP contribution is -2.22. The lowest BCUT2D eigenvalue weighted by atomic mass is 10.3. The number of alkyl halides is 1. The van der Waals surface area contributed by atoms with Crippen molar-refractivity contribution >= 4 is 22.6 Å². The number of rotatable bonds is 8. The lowest BCUT2D eigenvalue weighted by Gasteiger charge is -2.10. The average Bonchev–Trinajstić information content (AvgIpc) is 2.34. The summed E-state index contributed by atoms with van der Waals surface area (Å²) >= 11 is 2.38. The Hall–Kier alpha value is -0.490. The van der Waals surface area contributed by atoms with Crippen molar-refractivity contribution < 1.29 is 9.47 Å². The highest BCUT2D eigenvalue weighted by Gasteiger charge is 2.01. The second-order valence-corrected chi connectivity index (χ2v) is 4.37. The Kier molecular flexibility index (Phi) is 7.33. The molecule has 90 valence electrons. The predicted octanol–water partition coefficient (Wildman–Crippen LogP) is 2.49. The predicted molar refractivity (Wildman–Crippen MR) is 74.9 cm³/mol. The van der Waals surface area contributed by atoms with Crippen molar-refractivity contribution in [2.45, 2.75) is 6.42 Å². The summed E-state index contributed by atoms with van der Waals surface area (Å²) in [5.41, 5.74) is 0. The van der Waals surface area contributed by atoms with E-state index in [0.717, 1.165) is 24.6 Å². The first-order valence-electron chi connectivity index (χ1n) is 5.41. The summed E-state index contributed by atoms with van der Waals surface area (Å²) in [6.07, 6.45) is 1.20. The van der Waals surface area contributed by atoms with Crippen LogP contribution in [0.25, 0.3) is 0 Å². The number of ether oxygens (including phenoxy) is 2. The van der Waals surface area contributed by atoms with Crippen LogP contribution in [0.15, 0.2) is 24.3 Å². The topological polar surface area (TPSA) is 30.5 Å². The first-order valence-corrected chi connectivity index (χ1v) is 6.93. The summed E-state index contributed by atoms with van der Waals surface area (Å²) in [7, 11) is 1.65. The van der Waals surface area contributed by atoms with Crippen LogP contribution >= 0.6 is 22.6 Å². The van der Waals surface area contributed by atoms with Gasteiger partial charge in [-0.25, -0.2) is 0 Å². The van der Waals surface area contributed by atoms with E-state index in [2.05, 4.69) is 27.9 Å². The van der Waals surface area contributed by atoms with E-state index in [9.17, 15) is 0 Å². The zero-order valence-electron chi connectivity index (χ0n) is 9.54. The Morgan fingerprint density at radius 1 is 1.19 bits per heavy atom. The molecule has 1 N–H and O–H groups in total. The maximum atomic E-state index is 5.62. The van der Waals surface area contributed by atoms with Gasteiger partial charge in [0.05, 0.1) is 7.11 Å². The molecule has 0 fully saturated rings. The zero-order valence-corrected chi connectivity index (χ0v) is 11.7. The van der Waals surface area contributed by atoms with E-state index in [-0.39, 0.29) is 0 Å². The third-order valence-corrected chi connectivity index (χ3v) is 2.86. The van der Waals surface area contributed by atoms with Crippen LogP contribution in [0.3, 0.4) is 0 Å². The normalized spacial score (nSPS) is 10.1. The standard InChI is InChI=1S/C12H18INO2/c1-15-11-5-2-3-6-12(11)16-10-9-14-8-4-7-13/h2-3,5-6,14H,4,7-10H2,1H3. The summed E-state index contributed by atoms with van der Waals surface area (Å²) in [6.45, 7) is 2.59. The van der Waals surface area contributed by atoms with Gasteiger partial charge < -0.3 is 14.8 Å². The zero-order chi connectivity index (χ0) is 11.6. The van der Waals surface area contributed by atoms with E-state index in [1.54, 1.807) is 7.11 Å². The lowest BCUT2D eigenvalue weighted by molar-refractivity contribution is 0.292. The Balaban J connectivity index is 2.21. The molecule has 0 bridgehead atoms. The van der Waals surface area contributed by atoms with Gasteiger partial charge in [-0.3, -0.25) is 0 Å². The van der Waals surface area contributed by atoms with Crippen LogP contribution in [0.5, 0.6) is 11.5 Å². The molecule has 1 aromatic rings. The summed E-state index contributed by atoms with van der Waals surface area (Å²) in [5, 5.41) is 3.32. The molecule has 0 unspecified atom stereocenters. The highest BCUT2D eigenvalue weighted by atomic mass is 127. The molecule has 1 rings (SSSR count). The van der Waals surface area contributed by atoms with E-state index in [0.29, 0.717) is 6.61 Å². The Morgan fingerprint density at radius 2 is 1.94 bits per heavy atom. The monoisotopic (exact) mass is 335 g/mol. The Labute approximate surface area is 111 Å². The van der Waals surface area contributed by atoms with Crippen molar-refractivity contribution in [3.63, 3.8) is 0 Å². The second kappa shape index (κ2) is 8.64. The van der Waals surface area contributed by atoms with Crippen LogP contribution in [-0.2, 0) is 0 Å². The molecule has 0 radical (unpaired) electrons.